The van der Waals surface area contributed by atoms with E-state index in [1.165, 1.54) is 6.07 Å². The molecule has 3 rings (SSSR count). The molecule has 0 amide bonds. The molecule has 1 N–H and O–H groups in total. The van der Waals surface area contributed by atoms with Crippen LogP contribution in [-0.2, 0) is 19.7 Å². The molecule has 28 heavy (non-hydrogen) atoms. The number of hydrogen-bond donors (Lipinski definition) is 1. The van der Waals surface area contributed by atoms with E-state index < -0.39 is 0 Å². The maximum atomic E-state index is 13.8. The van der Waals surface area contributed by atoms with Gasteiger partial charge in [-0.15, -0.1) is 12.4 Å². The lowest BCUT2D eigenvalue weighted by Crippen LogP contribution is -2.13. The fourth-order valence-corrected chi connectivity index (χ4v) is 2.92. The Kier molecular flexibility index (Phi) is 8.51. The highest BCUT2D eigenvalue weighted by atomic mass is 35.5. The van der Waals surface area contributed by atoms with Crippen LogP contribution in [0.25, 0.3) is 0 Å². The summed E-state index contributed by atoms with van der Waals surface area (Å²) < 4.78 is 24.9. The van der Waals surface area contributed by atoms with Gasteiger partial charge in [0.2, 0.25) is 0 Å². The summed E-state index contributed by atoms with van der Waals surface area (Å²) in [7, 11) is 1.55. The van der Waals surface area contributed by atoms with Crippen molar-refractivity contribution in [3.8, 4) is 11.5 Å². The van der Waals surface area contributed by atoms with E-state index in [0.717, 1.165) is 11.1 Å². The van der Waals surface area contributed by atoms with E-state index in [1.807, 2.05) is 24.3 Å². The molecule has 0 radical (unpaired) electrons. The van der Waals surface area contributed by atoms with Crippen LogP contribution in [0, 0.1) is 5.82 Å². The number of benzene rings is 2. The van der Waals surface area contributed by atoms with Gasteiger partial charge in [0.1, 0.15) is 12.4 Å². The zero-order valence-corrected chi connectivity index (χ0v) is 16.9. The Labute approximate surface area is 175 Å². The topological polar surface area (TPSA) is 43.4 Å². The predicted molar refractivity (Wildman–Crippen MR) is 111 cm³/mol. The van der Waals surface area contributed by atoms with Gasteiger partial charge in [0.15, 0.2) is 11.5 Å². The van der Waals surface area contributed by atoms with Gasteiger partial charge in [0, 0.05) is 31.0 Å². The lowest BCUT2D eigenvalue weighted by Gasteiger charge is -2.15. The summed E-state index contributed by atoms with van der Waals surface area (Å²) in [5.74, 6) is 0.601. The van der Waals surface area contributed by atoms with Crippen LogP contribution in [0.3, 0.4) is 0 Å². The number of aromatic nitrogens is 1. The van der Waals surface area contributed by atoms with Crippen molar-refractivity contribution in [2.45, 2.75) is 19.7 Å². The minimum absolute atomic E-state index is 0. The molecule has 2 aromatic carbocycles. The van der Waals surface area contributed by atoms with Crippen LogP contribution in [-0.4, -0.2) is 12.1 Å². The van der Waals surface area contributed by atoms with Crippen molar-refractivity contribution in [1.82, 2.24) is 10.3 Å². The quantitative estimate of drug-likeness (QED) is 0.543. The highest BCUT2D eigenvalue weighted by Gasteiger charge is 2.13. The van der Waals surface area contributed by atoms with Gasteiger partial charge in [-0.05, 0) is 41.5 Å². The number of pyridine rings is 1. The van der Waals surface area contributed by atoms with Crippen molar-refractivity contribution >= 4 is 24.0 Å². The largest absolute Gasteiger partial charge is 0.493 e. The second-order valence-electron chi connectivity index (χ2n) is 5.95. The molecular formula is C21H21Cl2FN2O2. The fourth-order valence-electron chi connectivity index (χ4n) is 2.63. The SMILES string of the molecule is COc1cc(CNCc2ccncc2)cc(Cl)c1OCc1ccccc1F.Cl. The summed E-state index contributed by atoms with van der Waals surface area (Å²) in [5.41, 5.74) is 2.57. The number of halogens is 3. The van der Waals surface area contributed by atoms with Crippen molar-refractivity contribution in [3.05, 3.63) is 88.5 Å². The van der Waals surface area contributed by atoms with Gasteiger partial charge in [0.05, 0.1) is 12.1 Å². The van der Waals surface area contributed by atoms with Crippen LogP contribution in [0.5, 0.6) is 11.5 Å². The van der Waals surface area contributed by atoms with Crippen LogP contribution < -0.4 is 14.8 Å². The van der Waals surface area contributed by atoms with Crippen LogP contribution in [0.2, 0.25) is 5.02 Å². The molecule has 4 nitrogen and oxygen atoms in total. The van der Waals surface area contributed by atoms with Gasteiger partial charge in [-0.2, -0.15) is 0 Å². The molecule has 7 heteroatoms. The van der Waals surface area contributed by atoms with E-state index in [2.05, 4.69) is 10.3 Å². The third-order valence-electron chi connectivity index (χ3n) is 4.03. The zero-order chi connectivity index (χ0) is 19.1. The molecule has 148 valence electrons. The number of rotatable bonds is 8. The summed E-state index contributed by atoms with van der Waals surface area (Å²) in [4.78, 5) is 4.00. The Bertz CT molecular complexity index is 895. The van der Waals surface area contributed by atoms with Gasteiger partial charge in [-0.1, -0.05) is 29.8 Å². The summed E-state index contributed by atoms with van der Waals surface area (Å²) in [6.45, 7) is 1.41. The van der Waals surface area contributed by atoms with Crippen molar-refractivity contribution in [2.24, 2.45) is 0 Å². The maximum absolute atomic E-state index is 13.8. The smallest absolute Gasteiger partial charge is 0.180 e. The van der Waals surface area contributed by atoms with Crippen molar-refractivity contribution in [3.63, 3.8) is 0 Å². The van der Waals surface area contributed by atoms with Gasteiger partial charge < -0.3 is 14.8 Å². The molecule has 0 aliphatic rings. The second-order valence-corrected chi connectivity index (χ2v) is 6.36. The maximum Gasteiger partial charge on any atom is 0.180 e. The van der Waals surface area contributed by atoms with Gasteiger partial charge >= 0.3 is 0 Å². The van der Waals surface area contributed by atoms with Gasteiger partial charge in [-0.3, -0.25) is 4.98 Å². The third kappa shape index (κ3) is 5.83. The fraction of sp³-hybridized carbons (Fsp3) is 0.190. The van der Waals surface area contributed by atoms with E-state index in [4.69, 9.17) is 21.1 Å². The first kappa shape index (κ1) is 22.0. The van der Waals surface area contributed by atoms with E-state index >= 15 is 0 Å². The summed E-state index contributed by atoms with van der Waals surface area (Å²) >= 11 is 6.38. The number of nitrogens with one attached hydrogen (secondary N) is 1. The molecule has 0 aliphatic carbocycles. The normalized spacial score (nSPS) is 10.2. The Hall–Kier alpha value is -2.34. The standard InChI is InChI=1S/C21H20ClFN2O2.ClH/c1-26-20-11-16(13-25-12-15-6-8-24-9-7-15)10-18(22)21(20)27-14-17-4-2-3-5-19(17)23;/h2-11,25H,12-14H2,1H3;1H. The predicted octanol–water partition coefficient (Wildman–Crippen LogP) is 5.17. The summed E-state index contributed by atoms with van der Waals surface area (Å²) in [6.07, 6.45) is 3.53. The molecular weight excluding hydrogens is 402 g/mol. The number of methoxy groups -OCH3 is 1. The van der Waals surface area contributed by atoms with Crippen molar-refractivity contribution in [1.29, 1.82) is 0 Å². The van der Waals surface area contributed by atoms with Crippen LogP contribution in [0.15, 0.2) is 60.9 Å². The number of ether oxygens (including phenoxy) is 2. The molecule has 3 aromatic rings. The third-order valence-corrected chi connectivity index (χ3v) is 4.31. The van der Waals surface area contributed by atoms with Crippen LogP contribution in [0.4, 0.5) is 4.39 Å². The molecule has 0 saturated carbocycles. The molecule has 0 aliphatic heterocycles. The van der Waals surface area contributed by atoms with E-state index in [0.29, 0.717) is 35.2 Å². The Morgan fingerprint density at radius 1 is 1.04 bits per heavy atom. The minimum Gasteiger partial charge on any atom is -0.493 e. The molecule has 0 spiro atoms. The molecule has 0 fully saturated rings. The minimum atomic E-state index is -0.315. The monoisotopic (exact) mass is 422 g/mol. The average Bonchev–Trinajstić information content (AvgIpc) is 2.69. The highest BCUT2D eigenvalue weighted by Crippen LogP contribution is 2.37. The molecule has 0 saturated heterocycles. The molecule has 0 unspecified atom stereocenters. The van der Waals surface area contributed by atoms with Crippen LogP contribution in [0.1, 0.15) is 16.7 Å². The average molecular weight is 423 g/mol. The van der Waals surface area contributed by atoms with Crippen molar-refractivity contribution < 1.29 is 13.9 Å². The second kappa shape index (κ2) is 10.9. The molecule has 0 atom stereocenters. The summed E-state index contributed by atoms with van der Waals surface area (Å²) in [6, 6.07) is 14.1. The van der Waals surface area contributed by atoms with E-state index in [1.54, 1.807) is 37.7 Å². The molecule has 1 heterocycles. The first-order valence-electron chi connectivity index (χ1n) is 8.49. The van der Waals surface area contributed by atoms with Crippen LogP contribution >= 0.6 is 24.0 Å². The first-order chi connectivity index (χ1) is 13.2. The Balaban J connectivity index is 0.00000280. The highest BCUT2D eigenvalue weighted by molar-refractivity contribution is 6.32. The Morgan fingerprint density at radius 3 is 2.46 bits per heavy atom. The Morgan fingerprint density at radius 2 is 1.75 bits per heavy atom. The van der Waals surface area contributed by atoms with Crippen molar-refractivity contribution in [2.75, 3.05) is 7.11 Å². The van der Waals surface area contributed by atoms with E-state index in [-0.39, 0.29) is 24.8 Å². The number of nitrogens with zero attached hydrogens (tertiary/aromatic N) is 1. The first-order valence-corrected chi connectivity index (χ1v) is 8.87. The van der Waals surface area contributed by atoms with E-state index in [9.17, 15) is 4.39 Å². The summed E-state index contributed by atoms with van der Waals surface area (Å²) in [5, 5.41) is 3.77. The van der Waals surface area contributed by atoms with Gasteiger partial charge in [0.25, 0.3) is 0 Å². The molecule has 0 bridgehead atoms. The molecule has 1 aromatic heterocycles. The lowest BCUT2D eigenvalue weighted by atomic mass is 10.2. The van der Waals surface area contributed by atoms with Gasteiger partial charge in [-0.25, -0.2) is 4.39 Å². The lowest BCUT2D eigenvalue weighted by molar-refractivity contribution is 0.279. The number of hydrogen-bond acceptors (Lipinski definition) is 4. The zero-order valence-electron chi connectivity index (χ0n) is 15.3.